The van der Waals surface area contributed by atoms with Crippen LogP contribution in [0.5, 0.6) is 5.75 Å². The lowest BCUT2D eigenvalue weighted by molar-refractivity contribution is -0.274. The van der Waals surface area contributed by atoms with Crippen LogP contribution in [0.2, 0.25) is 0 Å². The van der Waals surface area contributed by atoms with Crippen LogP contribution in [-0.2, 0) is 0 Å². The molecule has 0 atom stereocenters. The fourth-order valence-corrected chi connectivity index (χ4v) is 1.58. The number of aryl methyl sites for hydroxylation is 1. The number of ether oxygens (including phenoxy) is 1. The monoisotopic (exact) mass is 251 g/mol. The van der Waals surface area contributed by atoms with E-state index in [0.717, 1.165) is 16.7 Å². The van der Waals surface area contributed by atoms with E-state index >= 15 is 0 Å². The van der Waals surface area contributed by atoms with Gasteiger partial charge in [-0.1, -0.05) is 35.9 Å². The van der Waals surface area contributed by atoms with Crippen molar-refractivity contribution in [3.63, 3.8) is 0 Å². The smallest absolute Gasteiger partial charge is 0.406 e. The molecule has 0 aliphatic heterocycles. The summed E-state index contributed by atoms with van der Waals surface area (Å²) in [6.45, 7) is 1.94. The fraction of sp³-hybridized carbons (Fsp3) is 0.143. The summed E-state index contributed by atoms with van der Waals surface area (Å²) in [6, 6.07) is 14.4. The second-order valence-corrected chi connectivity index (χ2v) is 3.85. The number of alkyl halides is 3. The van der Waals surface area contributed by atoms with Gasteiger partial charge in [-0.25, -0.2) is 0 Å². The molecule has 0 bridgehead atoms. The molecule has 2 rings (SSSR count). The second kappa shape index (κ2) is 4.72. The van der Waals surface area contributed by atoms with Gasteiger partial charge in [-0.2, -0.15) is 0 Å². The molecule has 1 radical (unpaired) electrons. The van der Waals surface area contributed by atoms with E-state index < -0.39 is 6.36 Å². The minimum atomic E-state index is -4.66. The molecular formula is C14H10F3O. The van der Waals surface area contributed by atoms with Crippen molar-refractivity contribution in [3.05, 3.63) is 54.1 Å². The third kappa shape index (κ3) is 3.26. The van der Waals surface area contributed by atoms with Gasteiger partial charge in [0, 0.05) is 0 Å². The molecule has 18 heavy (non-hydrogen) atoms. The molecule has 0 N–H and O–H groups in total. The molecule has 1 nitrogen and oxygen atoms in total. The van der Waals surface area contributed by atoms with Crippen LogP contribution >= 0.6 is 0 Å². The molecule has 2 aromatic carbocycles. The molecule has 0 aliphatic carbocycles. The molecule has 4 heteroatoms. The van der Waals surface area contributed by atoms with Gasteiger partial charge in [0.25, 0.3) is 0 Å². The Morgan fingerprint density at radius 2 is 1.72 bits per heavy atom. The summed E-state index contributed by atoms with van der Waals surface area (Å²) in [6.07, 6.45) is -4.66. The predicted octanol–water partition coefficient (Wildman–Crippen LogP) is 4.36. The summed E-state index contributed by atoms with van der Waals surface area (Å²) in [7, 11) is 0. The quantitative estimate of drug-likeness (QED) is 0.770. The minimum Gasteiger partial charge on any atom is -0.406 e. The number of hydrogen-bond acceptors (Lipinski definition) is 1. The van der Waals surface area contributed by atoms with Gasteiger partial charge in [-0.05, 0) is 36.2 Å². The van der Waals surface area contributed by atoms with Crippen LogP contribution in [-0.4, -0.2) is 6.36 Å². The van der Waals surface area contributed by atoms with E-state index in [1.54, 1.807) is 18.2 Å². The molecule has 0 spiro atoms. The van der Waals surface area contributed by atoms with Crippen LogP contribution in [0, 0.1) is 13.0 Å². The van der Waals surface area contributed by atoms with Crippen molar-refractivity contribution >= 4 is 0 Å². The molecule has 0 aromatic heterocycles. The lowest BCUT2D eigenvalue weighted by Crippen LogP contribution is -2.16. The van der Waals surface area contributed by atoms with E-state index in [9.17, 15) is 13.2 Å². The van der Waals surface area contributed by atoms with E-state index in [4.69, 9.17) is 0 Å². The zero-order valence-corrected chi connectivity index (χ0v) is 9.58. The normalized spacial score (nSPS) is 11.3. The van der Waals surface area contributed by atoms with E-state index in [2.05, 4.69) is 10.8 Å². The van der Waals surface area contributed by atoms with Crippen molar-refractivity contribution in [2.45, 2.75) is 13.3 Å². The Bertz CT molecular complexity index is 529. The maximum Gasteiger partial charge on any atom is 0.573 e. The van der Waals surface area contributed by atoms with E-state index in [1.165, 1.54) is 12.1 Å². The standard InChI is InChI=1S/C14H10F3O/c1-10-3-2-4-12(9-10)11-5-7-13(8-6-11)18-14(15,16)17/h2-3,5-9H,1H3. The molecular weight excluding hydrogens is 241 g/mol. The highest BCUT2D eigenvalue weighted by molar-refractivity contribution is 5.64. The SMILES string of the molecule is Cc1cc[c]c(-c2ccc(OC(F)(F)F)cc2)c1. The van der Waals surface area contributed by atoms with Crippen LogP contribution in [0.25, 0.3) is 11.1 Å². The molecule has 0 fully saturated rings. The number of benzene rings is 2. The second-order valence-electron chi connectivity index (χ2n) is 3.85. The fourth-order valence-electron chi connectivity index (χ4n) is 1.58. The van der Waals surface area contributed by atoms with Crippen LogP contribution in [0.3, 0.4) is 0 Å². The van der Waals surface area contributed by atoms with Crippen LogP contribution in [0.4, 0.5) is 13.2 Å². The van der Waals surface area contributed by atoms with Crippen LogP contribution < -0.4 is 4.74 Å². The first-order chi connectivity index (χ1) is 8.44. The van der Waals surface area contributed by atoms with Gasteiger partial charge < -0.3 is 4.74 Å². The summed E-state index contributed by atoms with van der Waals surface area (Å²) >= 11 is 0. The van der Waals surface area contributed by atoms with Gasteiger partial charge in [0.1, 0.15) is 5.75 Å². The lowest BCUT2D eigenvalue weighted by Gasteiger charge is -2.09. The molecule has 0 amide bonds. The first kappa shape index (κ1) is 12.5. The van der Waals surface area contributed by atoms with E-state index in [-0.39, 0.29) is 5.75 Å². The third-order valence-electron chi connectivity index (χ3n) is 2.36. The number of hydrogen-bond donors (Lipinski definition) is 0. The maximum atomic E-state index is 12.0. The molecule has 0 saturated carbocycles. The van der Waals surface area contributed by atoms with Crippen molar-refractivity contribution in [3.8, 4) is 16.9 Å². The minimum absolute atomic E-state index is 0.223. The first-order valence-corrected chi connectivity index (χ1v) is 5.28. The molecule has 0 unspecified atom stereocenters. The third-order valence-corrected chi connectivity index (χ3v) is 2.36. The number of rotatable bonds is 2. The van der Waals surface area contributed by atoms with Gasteiger partial charge in [-0.15, -0.1) is 13.2 Å². The average Bonchev–Trinajstić information content (AvgIpc) is 2.28. The largest absolute Gasteiger partial charge is 0.573 e. The Morgan fingerprint density at radius 3 is 2.28 bits per heavy atom. The van der Waals surface area contributed by atoms with Crippen LogP contribution in [0.1, 0.15) is 5.56 Å². The number of halogens is 3. The van der Waals surface area contributed by atoms with E-state index in [0.29, 0.717) is 0 Å². The maximum absolute atomic E-state index is 12.0. The average molecular weight is 251 g/mol. The Morgan fingerprint density at radius 1 is 1.06 bits per heavy atom. The van der Waals surface area contributed by atoms with Gasteiger partial charge in [0.2, 0.25) is 0 Å². The zero-order chi connectivity index (χ0) is 13.2. The Kier molecular flexibility index (Phi) is 3.28. The first-order valence-electron chi connectivity index (χ1n) is 5.28. The predicted molar refractivity (Wildman–Crippen MR) is 62.1 cm³/mol. The highest BCUT2D eigenvalue weighted by Gasteiger charge is 2.30. The summed E-state index contributed by atoms with van der Waals surface area (Å²) in [5.41, 5.74) is 2.71. The van der Waals surface area contributed by atoms with Crippen LogP contribution in [0.15, 0.2) is 42.5 Å². The molecule has 0 aliphatic rings. The van der Waals surface area contributed by atoms with Crippen molar-refractivity contribution in [2.75, 3.05) is 0 Å². The zero-order valence-electron chi connectivity index (χ0n) is 9.58. The molecule has 0 heterocycles. The summed E-state index contributed by atoms with van der Waals surface area (Å²) in [5.74, 6) is -0.223. The van der Waals surface area contributed by atoms with Gasteiger partial charge >= 0.3 is 6.36 Å². The summed E-state index contributed by atoms with van der Waals surface area (Å²) in [4.78, 5) is 0. The van der Waals surface area contributed by atoms with Gasteiger partial charge in [0.15, 0.2) is 0 Å². The highest BCUT2D eigenvalue weighted by Crippen LogP contribution is 2.26. The van der Waals surface area contributed by atoms with Crippen molar-refractivity contribution < 1.29 is 17.9 Å². The Hall–Kier alpha value is -1.97. The summed E-state index contributed by atoms with van der Waals surface area (Å²) < 4.78 is 39.8. The van der Waals surface area contributed by atoms with Crippen molar-refractivity contribution in [1.29, 1.82) is 0 Å². The Balaban J connectivity index is 2.22. The van der Waals surface area contributed by atoms with E-state index in [1.807, 2.05) is 19.1 Å². The van der Waals surface area contributed by atoms with Gasteiger partial charge in [-0.3, -0.25) is 0 Å². The Labute approximate surface area is 103 Å². The lowest BCUT2D eigenvalue weighted by atomic mass is 10.0. The molecule has 0 saturated heterocycles. The topological polar surface area (TPSA) is 9.23 Å². The highest BCUT2D eigenvalue weighted by atomic mass is 19.4. The van der Waals surface area contributed by atoms with Gasteiger partial charge in [0.05, 0.1) is 0 Å². The molecule has 93 valence electrons. The van der Waals surface area contributed by atoms with Crippen molar-refractivity contribution in [1.82, 2.24) is 0 Å². The summed E-state index contributed by atoms with van der Waals surface area (Å²) in [5, 5.41) is 0. The molecule has 2 aromatic rings. The van der Waals surface area contributed by atoms with Crippen molar-refractivity contribution in [2.24, 2.45) is 0 Å².